The fraction of sp³-hybridized carbons (Fsp3) is 0.278. The molecule has 1 unspecified atom stereocenters. The molecule has 4 heteroatoms. The van der Waals surface area contributed by atoms with Gasteiger partial charge in [-0.1, -0.05) is 30.3 Å². The monoisotopic (exact) mass is 295 g/mol. The van der Waals surface area contributed by atoms with Crippen molar-refractivity contribution in [2.24, 2.45) is 5.73 Å². The number of ether oxygens (including phenoxy) is 1. The van der Waals surface area contributed by atoms with E-state index in [1.807, 2.05) is 49.4 Å². The first-order valence-electron chi connectivity index (χ1n) is 7.67. The van der Waals surface area contributed by atoms with Gasteiger partial charge in [-0.25, -0.2) is 4.98 Å². The van der Waals surface area contributed by atoms with E-state index in [9.17, 15) is 0 Å². The van der Waals surface area contributed by atoms with Gasteiger partial charge in [0.25, 0.3) is 0 Å². The molecule has 0 bridgehead atoms. The summed E-state index contributed by atoms with van der Waals surface area (Å²) >= 11 is 0. The average Bonchev–Trinajstić information content (AvgIpc) is 2.98. The minimum atomic E-state index is 0.147. The van der Waals surface area contributed by atoms with E-state index in [0.29, 0.717) is 13.2 Å². The molecule has 1 heterocycles. The minimum absolute atomic E-state index is 0.147. The second kappa shape index (κ2) is 6.62. The lowest BCUT2D eigenvalue weighted by molar-refractivity contribution is 0.335. The summed E-state index contributed by atoms with van der Waals surface area (Å²) in [7, 11) is 0. The van der Waals surface area contributed by atoms with Gasteiger partial charge >= 0.3 is 0 Å². The van der Waals surface area contributed by atoms with Gasteiger partial charge in [0.1, 0.15) is 11.6 Å². The Hall–Kier alpha value is -2.33. The van der Waals surface area contributed by atoms with Gasteiger partial charge < -0.3 is 15.5 Å². The third-order valence-electron chi connectivity index (χ3n) is 3.82. The number of hydrogen-bond donors (Lipinski definition) is 2. The van der Waals surface area contributed by atoms with Crippen LogP contribution in [0.1, 0.15) is 24.2 Å². The molecule has 0 spiro atoms. The lowest BCUT2D eigenvalue weighted by atomic mass is 9.98. The number of nitrogens with two attached hydrogens (primary N) is 1. The normalized spacial score (nSPS) is 12.5. The zero-order chi connectivity index (χ0) is 15.4. The van der Waals surface area contributed by atoms with Crippen LogP contribution in [-0.4, -0.2) is 23.1 Å². The van der Waals surface area contributed by atoms with Crippen molar-refractivity contribution >= 4 is 11.0 Å². The molecule has 0 fully saturated rings. The van der Waals surface area contributed by atoms with Gasteiger partial charge in [0.15, 0.2) is 0 Å². The number of imidazole rings is 1. The van der Waals surface area contributed by atoms with Gasteiger partial charge in [-0.15, -0.1) is 0 Å². The van der Waals surface area contributed by atoms with Crippen LogP contribution < -0.4 is 10.5 Å². The average molecular weight is 295 g/mol. The molecule has 0 radical (unpaired) electrons. The van der Waals surface area contributed by atoms with E-state index in [1.165, 1.54) is 5.56 Å². The first-order valence-corrected chi connectivity index (χ1v) is 7.67. The van der Waals surface area contributed by atoms with Crippen molar-refractivity contribution < 1.29 is 4.74 Å². The number of benzene rings is 2. The van der Waals surface area contributed by atoms with Gasteiger partial charge in [-0.2, -0.15) is 0 Å². The summed E-state index contributed by atoms with van der Waals surface area (Å²) in [4.78, 5) is 8.07. The molecule has 114 valence electrons. The highest BCUT2D eigenvalue weighted by Crippen LogP contribution is 2.26. The van der Waals surface area contributed by atoms with Crippen LogP contribution in [0.3, 0.4) is 0 Å². The van der Waals surface area contributed by atoms with Crippen molar-refractivity contribution in [3.8, 4) is 5.75 Å². The van der Waals surface area contributed by atoms with Gasteiger partial charge in [0.2, 0.25) is 0 Å². The predicted molar refractivity (Wildman–Crippen MR) is 89.2 cm³/mol. The molecule has 22 heavy (non-hydrogen) atoms. The lowest BCUT2D eigenvalue weighted by Gasteiger charge is -2.15. The largest absolute Gasteiger partial charge is 0.494 e. The highest BCUT2D eigenvalue weighted by atomic mass is 16.5. The predicted octanol–water partition coefficient (Wildman–Crippen LogP) is 3.25. The standard InChI is InChI=1S/C18H21N3O/c1-2-22-17-10-6-3-7-13(17)11-14(12-19)18-20-15-8-4-5-9-16(15)21-18/h3-10,14H,2,11-12,19H2,1H3,(H,20,21). The highest BCUT2D eigenvalue weighted by molar-refractivity contribution is 5.74. The molecular formula is C18H21N3O. The zero-order valence-corrected chi connectivity index (χ0v) is 12.8. The number of para-hydroxylation sites is 3. The van der Waals surface area contributed by atoms with E-state index in [0.717, 1.165) is 29.0 Å². The van der Waals surface area contributed by atoms with Crippen LogP contribution in [-0.2, 0) is 6.42 Å². The summed E-state index contributed by atoms with van der Waals surface area (Å²) in [6, 6.07) is 16.2. The van der Waals surface area contributed by atoms with Crippen molar-refractivity contribution in [1.29, 1.82) is 0 Å². The van der Waals surface area contributed by atoms with E-state index in [1.54, 1.807) is 0 Å². The van der Waals surface area contributed by atoms with Crippen molar-refractivity contribution in [1.82, 2.24) is 9.97 Å². The summed E-state index contributed by atoms with van der Waals surface area (Å²) in [5.41, 5.74) is 9.20. The van der Waals surface area contributed by atoms with E-state index >= 15 is 0 Å². The summed E-state index contributed by atoms with van der Waals surface area (Å²) in [5, 5.41) is 0. The smallest absolute Gasteiger partial charge is 0.122 e. The Kier molecular flexibility index (Phi) is 4.39. The van der Waals surface area contributed by atoms with E-state index in [4.69, 9.17) is 10.5 Å². The van der Waals surface area contributed by atoms with Gasteiger partial charge in [-0.05, 0) is 37.1 Å². The van der Waals surface area contributed by atoms with E-state index < -0.39 is 0 Å². The summed E-state index contributed by atoms with van der Waals surface area (Å²) in [5.74, 6) is 2.02. The van der Waals surface area contributed by atoms with Crippen LogP contribution >= 0.6 is 0 Å². The number of nitrogens with one attached hydrogen (secondary N) is 1. The maximum atomic E-state index is 6.00. The Bertz CT molecular complexity index is 718. The number of fused-ring (bicyclic) bond motifs is 1. The number of H-pyrrole nitrogens is 1. The highest BCUT2D eigenvalue weighted by Gasteiger charge is 2.17. The maximum Gasteiger partial charge on any atom is 0.122 e. The first-order chi connectivity index (χ1) is 10.8. The molecule has 0 saturated carbocycles. The van der Waals surface area contributed by atoms with Crippen molar-refractivity contribution in [2.75, 3.05) is 13.2 Å². The van der Waals surface area contributed by atoms with E-state index in [-0.39, 0.29) is 5.92 Å². The molecule has 0 aliphatic heterocycles. The fourth-order valence-electron chi connectivity index (χ4n) is 2.69. The third kappa shape index (κ3) is 2.97. The van der Waals surface area contributed by atoms with Crippen LogP contribution in [0.4, 0.5) is 0 Å². The minimum Gasteiger partial charge on any atom is -0.494 e. The molecule has 0 amide bonds. The Morgan fingerprint density at radius 1 is 1.14 bits per heavy atom. The number of aromatic amines is 1. The molecule has 3 rings (SSSR count). The molecule has 0 aliphatic rings. The van der Waals surface area contributed by atoms with Crippen molar-refractivity contribution in [3.05, 3.63) is 59.9 Å². The maximum absolute atomic E-state index is 6.00. The third-order valence-corrected chi connectivity index (χ3v) is 3.82. The Labute approximate surface area is 130 Å². The Balaban J connectivity index is 1.88. The van der Waals surface area contributed by atoms with E-state index in [2.05, 4.69) is 16.0 Å². The van der Waals surface area contributed by atoms with Crippen LogP contribution in [0.15, 0.2) is 48.5 Å². The summed E-state index contributed by atoms with van der Waals surface area (Å²) in [6.07, 6.45) is 0.812. The van der Waals surface area contributed by atoms with Crippen LogP contribution in [0.25, 0.3) is 11.0 Å². The second-order valence-electron chi connectivity index (χ2n) is 5.32. The van der Waals surface area contributed by atoms with Gasteiger partial charge in [-0.3, -0.25) is 0 Å². The summed E-state index contributed by atoms with van der Waals surface area (Å²) < 4.78 is 5.71. The molecule has 4 nitrogen and oxygen atoms in total. The number of nitrogens with zero attached hydrogens (tertiary/aromatic N) is 1. The van der Waals surface area contributed by atoms with Gasteiger partial charge in [0, 0.05) is 12.5 Å². The molecule has 0 saturated heterocycles. The second-order valence-corrected chi connectivity index (χ2v) is 5.32. The fourth-order valence-corrected chi connectivity index (χ4v) is 2.69. The molecule has 3 N–H and O–H groups in total. The SMILES string of the molecule is CCOc1ccccc1CC(CN)c1nc2ccccc2[nH]1. The quantitative estimate of drug-likeness (QED) is 0.733. The molecule has 1 aromatic heterocycles. The van der Waals surface area contributed by atoms with Gasteiger partial charge in [0.05, 0.1) is 17.6 Å². The number of hydrogen-bond acceptors (Lipinski definition) is 3. The zero-order valence-electron chi connectivity index (χ0n) is 12.8. The topological polar surface area (TPSA) is 63.9 Å². The summed E-state index contributed by atoms with van der Waals surface area (Å²) in [6.45, 7) is 3.20. The molecule has 1 atom stereocenters. The molecule has 3 aromatic rings. The molecule has 0 aliphatic carbocycles. The van der Waals surface area contributed by atoms with Crippen molar-refractivity contribution in [3.63, 3.8) is 0 Å². The van der Waals surface area contributed by atoms with Crippen LogP contribution in [0.2, 0.25) is 0 Å². The van der Waals surface area contributed by atoms with Crippen LogP contribution in [0.5, 0.6) is 5.75 Å². The van der Waals surface area contributed by atoms with Crippen molar-refractivity contribution in [2.45, 2.75) is 19.3 Å². The molecule has 2 aromatic carbocycles. The number of rotatable bonds is 6. The Morgan fingerprint density at radius 2 is 1.91 bits per heavy atom. The Morgan fingerprint density at radius 3 is 2.68 bits per heavy atom. The van der Waals surface area contributed by atoms with Crippen LogP contribution in [0, 0.1) is 0 Å². The molecular weight excluding hydrogens is 274 g/mol. The lowest BCUT2D eigenvalue weighted by Crippen LogP contribution is -2.17. The number of aromatic nitrogens is 2. The first kappa shape index (κ1) is 14.6.